The highest BCUT2D eigenvalue weighted by molar-refractivity contribution is 7.09. The number of rotatable bonds is 4. The summed E-state index contributed by atoms with van der Waals surface area (Å²) in [6.45, 7) is 2.40. The smallest absolute Gasteiger partial charge is 0.327 e. The second kappa shape index (κ2) is 6.86. The number of carbonyl (C=O) groups is 1. The quantitative estimate of drug-likeness (QED) is 0.891. The van der Waals surface area contributed by atoms with Gasteiger partial charge in [-0.25, -0.2) is 4.79 Å². The highest BCUT2D eigenvalue weighted by Gasteiger charge is 2.31. The van der Waals surface area contributed by atoms with Crippen molar-refractivity contribution in [3.8, 4) is 0 Å². The van der Waals surface area contributed by atoms with E-state index in [1.54, 1.807) is 6.92 Å². The first-order chi connectivity index (χ1) is 10.8. The van der Waals surface area contributed by atoms with Crippen LogP contribution in [0.1, 0.15) is 17.4 Å². The predicted molar refractivity (Wildman–Crippen MR) is 81.5 cm³/mol. The van der Waals surface area contributed by atoms with E-state index in [4.69, 9.17) is 0 Å². The van der Waals surface area contributed by atoms with Crippen LogP contribution in [0.15, 0.2) is 34.6 Å². The van der Waals surface area contributed by atoms with E-state index < -0.39 is 29.0 Å². The Labute approximate surface area is 133 Å². The fraction of sp³-hybridized carbons (Fsp3) is 0.286. The van der Waals surface area contributed by atoms with Gasteiger partial charge in [-0.05, 0) is 24.4 Å². The summed E-state index contributed by atoms with van der Waals surface area (Å²) in [6.07, 6.45) is -4.04. The molecule has 9 heteroatoms. The minimum atomic E-state index is -4.61. The predicted octanol–water partition coefficient (Wildman–Crippen LogP) is 3.51. The molecule has 0 spiro atoms. The van der Waals surface area contributed by atoms with Crippen molar-refractivity contribution in [3.63, 3.8) is 0 Å². The van der Waals surface area contributed by atoms with Crippen LogP contribution in [0.5, 0.6) is 0 Å². The summed E-state index contributed by atoms with van der Waals surface area (Å²) in [5.74, 6) is 0. The van der Waals surface area contributed by atoms with E-state index in [1.807, 2.05) is 22.5 Å². The van der Waals surface area contributed by atoms with Gasteiger partial charge in [0.1, 0.15) is 5.69 Å². The van der Waals surface area contributed by atoms with E-state index in [2.05, 4.69) is 5.32 Å². The molecule has 23 heavy (non-hydrogen) atoms. The number of aromatic amines is 1. The van der Waals surface area contributed by atoms with Crippen molar-refractivity contribution in [2.75, 3.05) is 11.9 Å². The molecule has 5 nitrogen and oxygen atoms in total. The minimum absolute atomic E-state index is 0.316. The fourth-order valence-electron chi connectivity index (χ4n) is 1.85. The lowest BCUT2D eigenvalue weighted by Crippen LogP contribution is -2.35. The molecule has 124 valence electrons. The first kappa shape index (κ1) is 17.1. The number of pyridine rings is 1. The molecule has 0 radical (unpaired) electrons. The number of hydrogen-bond acceptors (Lipinski definition) is 3. The van der Waals surface area contributed by atoms with Crippen LogP contribution < -0.4 is 10.9 Å². The molecule has 0 fully saturated rings. The summed E-state index contributed by atoms with van der Waals surface area (Å²) in [5.41, 5.74) is -2.26. The normalized spacial score (nSPS) is 11.3. The van der Waals surface area contributed by atoms with E-state index in [1.165, 1.54) is 16.2 Å². The average Bonchev–Trinajstić information content (AvgIpc) is 2.98. The largest absolute Gasteiger partial charge is 0.417 e. The molecular weight excluding hydrogens is 331 g/mol. The summed E-state index contributed by atoms with van der Waals surface area (Å²) in [4.78, 5) is 28.1. The molecule has 0 aliphatic carbocycles. The number of urea groups is 1. The zero-order chi connectivity index (χ0) is 17.0. The third-order valence-electron chi connectivity index (χ3n) is 3.07. The van der Waals surface area contributed by atoms with E-state index in [-0.39, 0.29) is 0 Å². The molecule has 2 N–H and O–H groups in total. The monoisotopic (exact) mass is 345 g/mol. The minimum Gasteiger partial charge on any atom is -0.327 e. The number of carbonyl (C=O) groups excluding carboxylic acids is 1. The highest BCUT2D eigenvalue weighted by atomic mass is 32.1. The van der Waals surface area contributed by atoms with Gasteiger partial charge in [0.2, 0.25) is 0 Å². The number of alkyl halides is 3. The van der Waals surface area contributed by atoms with Gasteiger partial charge >= 0.3 is 12.2 Å². The van der Waals surface area contributed by atoms with Crippen LogP contribution in [0, 0.1) is 0 Å². The van der Waals surface area contributed by atoms with Gasteiger partial charge in [-0.3, -0.25) is 4.79 Å². The molecule has 0 aromatic carbocycles. The summed E-state index contributed by atoms with van der Waals surface area (Å²) in [6, 6.07) is 3.67. The number of amides is 2. The summed E-state index contributed by atoms with van der Waals surface area (Å²) in [5, 5.41) is 4.09. The SMILES string of the molecule is CCN(Cc1cccs1)C(=O)Nc1cc(C(F)(F)F)c[nH]c1=O. The summed E-state index contributed by atoms with van der Waals surface area (Å²) in [7, 11) is 0. The Morgan fingerprint density at radius 2 is 2.17 bits per heavy atom. The van der Waals surface area contributed by atoms with Gasteiger partial charge in [-0.1, -0.05) is 6.07 Å². The van der Waals surface area contributed by atoms with E-state index in [0.717, 1.165) is 4.88 Å². The van der Waals surface area contributed by atoms with Gasteiger partial charge < -0.3 is 15.2 Å². The van der Waals surface area contributed by atoms with Gasteiger partial charge in [-0.2, -0.15) is 13.2 Å². The molecule has 2 aromatic heterocycles. The van der Waals surface area contributed by atoms with Crippen LogP contribution in [0.25, 0.3) is 0 Å². The van der Waals surface area contributed by atoms with Crippen molar-refractivity contribution in [2.24, 2.45) is 0 Å². The Kier molecular flexibility index (Phi) is 5.09. The van der Waals surface area contributed by atoms with Crippen molar-refractivity contribution < 1.29 is 18.0 Å². The standard InChI is InChI=1S/C14H14F3N3O2S/c1-2-20(8-10-4-3-5-23-10)13(22)19-11-6-9(14(15,16)17)7-18-12(11)21/h3-7H,2,8H2,1H3,(H,18,21)(H,19,22). The molecule has 0 aliphatic heterocycles. The Hall–Kier alpha value is -2.29. The zero-order valence-electron chi connectivity index (χ0n) is 12.1. The van der Waals surface area contributed by atoms with Crippen molar-refractivity contribution in [1.82, 2.24) is 9.88 Å². The lowest BCUT2D eigenvalue weighted by atomic mass is 10.2. The summed E-state index contributed by atoms with van der Waals surface area (Å²) >= 11 is 1.46. The lowest BCUT2D eigenvalue weighted by Gasteiger charge is -2.20. The molecule has 2 heterocycles. The molecular formula is C14H14F3N3O2S. The van der Waals surface area contributed by atoms with Crippen LogP contribution in [0.2, 0.25) is 0 Å². The van der Waals surface area contributed by atoms with Gasteiger partial charge in [0.25, 0.3) is 5.56 Å². The van der Waals surface area contributed by atoms with E-state index in [9.17, 15) is 22.8 Å². The van der Waals surface area contributed by atoms with Crippen LogP contribution >= 0.6 is 11.3 Å². The number of nitrogens with one attached hydrogen (secondary N) is 2. The van der Waals surface area contributed by atoms with Crippen LogP contribution in [-0.2, 0) is 12.7 Å². The number of thiophene rings is 1. The molecule has 0 aliphatic rings. The molecule has 2 amide bonds. The highest BCUT2D eigenvalue weighted by Crippen LogP contribution is 2.29. The van der Waals surface area contributed by atoms with Gasteiger partial charge in [0.15, 0.2) is 0 Å². The number of H-pyrrole nitrogens is 1. The Morgan fingerprint density at radius 3 is 2.74 bits per heavy atom. The molecule has 0 bridgehead atoms. The second-order valence-electron chi connectivity index (χ2n) is 4.65. The Morgan fingerprint density at radius 1 is 1.43 bits per heavy atom. The van der Waals surface area contributed by atoms with Crippen molar-refractivity contribution in [1.29, 1.82) is 0 Å². The van der Waals surface area contributed by atoms with Gasteiger partial charge in [-0.15, -0.1) is 11.3 Å². The van der Waals surface area contributed by atoms with Crippen molar-refractivity contribution >= 4 is 23.1 Å². The van der Waals surface area contributed by atoms with Gasteiger partial charge in [0, 0.05) is 17.6 Å². The maximum Gasteiger partial charge on any atom is 0.417 e. The average molecular weight is 345 g/mol. The number of hydrogen-bond donors (Lipinski definition) is 2. The third kappa shape index (κ3) is 4.35. The number of nitrogens with zero attached hydrogens (tertiary/aromatic N) is 1. The van der Waals surface area contributed by atoms with Crippen LogP contribution in [-0.4, -0.2) is 22.5 Å². The molecule has 2 aromatic rings. The van der Waals surface area contributed by atoms with Crippen molar-refractivity contribution in [3.05, 3.63) is 50.6 Å². The second-order valence-corrected chi connectivity index (χ2v) is 5.68. The first-order valence-corrected chi connectivity index (χ1v) is 7.57. The lowest BCUT2D eigenvalue weighted by molar-refractivity contribution is -0.137. The third-order valence-corrected chi connectivity index (χ3v) is 3.93. The zero-order valence-corrected chi connectivity index (χ0v) is 12.9. The molecule has 0 saturated heterocycles. The number of anilines is 1. The topological polar surface area (TPSA) is 65.2 Å². The Balaban J connectivity index is 2.16. The molecule has 0 atom stereocenters. The van der Waals surface area contributed by atoms with E-state index in [0.29, 0.717) is 25.4 Å². The maximum absolute atomic E-state index is 12.7. The maximum atomic E-state index is 12.7. The van der Waals surface area contributed by atoms with Crippen LogP contribution in [0.3, 0.4) is 0 Å². The Bertz CT molecular complexity index is 726. The first-order valence-electron chi connectivity index (χ1n) is 6.69. The molecule has 2 rings (SSSR count). The van der Waals surface area contributed by atoms with Crippen LogP contribution in [0.4, 0.5) is 23.7 Å². The number of halogens is 3. The molecule has 0 saturated carbocycles. The fourth-order valence-corrected chi connectivity index (χ4v) is 2.57. The summed E-state index contributed by atoms with van der Waals surface area (Å²) < 4.78 is 38.0. The molecule has 0 unspecified atom stereocenters. The number of aromatic nitrogens is 1. The van der Waals surface area contributed by atoms with Crippen molar-refractivity contribution in [2.45, 2.75) is 19.6 Å². The van der Waals surface area contributed by atoms with E-state index >= 15 is 0 Å². The van der Waals surface area contributed by atoms with Gasteiger partial charge in [0.05, 0.1) is 12.1 Å².